The Morgan fingerprint density at radius 3 is 2.02 bits per heavy atom. The molecule has 0 bridgehead atoms. The summed E-state index contributed by atoms with van der Waals surface area (Å²) in [6, 6.07) is 16.5. The van der Waals surface area contributed by atoms with Crippen LogP contribution in [0, 0.1) is 42.6 Å². The fourth-order valence-corrected chi connectivity index (χ4v) is 5.55. The molecule has 2 aromatic carbocycles. The number of allylic oxidation sites excluding steroid dienone is 2. The summed E-state index contributed by atoms with van der Waals surface area (Å²) in [5.74, 6) is 1.74. The topological polar surface area (TPSA) is 50.2 Å². The van der Waals surface area contributed by atoms with Gasteiger partial charge in [0, 0.05) is 43.2 Å². The summed E-state index contributed by atoms with van der Waals surface area (Å²) < 4.78 is 0. The molecule has 3 rings (SSSR count). The molecule has 1 N–H and O–H groups in total. The van der Waals surface area contributed by atoms with E-state index in [4.69, 9.17) is 0 Å². The number of hydrogen-bond donors (Lipinski definition) is 1. The average Bonchev–Trinajstić information content (AvgIpc) is 2.81. The Hall–Kier alpha value is -2.29. The van der Waals surface area contributed by atoms with E-state index in [2.05, 4.69) is 103 Å². The molecule has 3 nitrogen and oxygen atoms in total. The van der Waals surface area contributed by atoms with Crippen LogP contribution in [0.25, 0.3) is 22.0 Å². The van der Waals surface area contributed by atoms with Crippen LogP contribution >= 0.6 is 0 Å². The number of aryl methyl sites for hydroxylation is 2. The smallest absolute Gasteiger partial charge is 0.164 e. The number of aromatic nitrogens is 1. The number of carbonyl (C=O) groups is 1. The molecule has 1 radical (unpaired) electrons. The number of rotatable bonds is 9. The summed E-state index contributed by atoms with van der Waals surface area (Å²) in [4.78, 5) is 16.9. The maximum Gasteiger partial charge on any atom is 0.164 e. The number of benzene rings is 2. The van der Waals surface area contributed by atoms with Gasteiger partial charge in [0.1, 0.15) is 5.76 Å². The van der Waals surface area contributed by atoms with Gasteiger partial charge in [-0.25, -0.2) is 0 Å². The number of hydrogen-bond acceptors (Lipinski definition) is 3. The summed E-state index contributed by atoms with van der Waals surface area (Å²) in [6.45, 7) is 25.0. The molecule has 3 aromatic rings. The largest absolute Gasteiger partial charge is 0.512 e. The van der Waals surface area contributed by atoms with Gasteiger partial charge in [-0.1, -0.05) is 101 Å². The first-order chi connectivity index (χ1) is 18.4. The van der Waals surface area contributed by atoms with Crippen LogP contribution in [0.15, 0.2) is 54.4 Å². The number of aliphatic hydroxyl groups excluding tert-OH is 1. The third-order valence-corrected chi connectivity index (χ3v) is 7.32. The summed E-state index contributed by atoms with van der Waals surface area (Å²) in [6.07, 6.45) is 5.05. The Labute approximate surface area is 263 Å². The van der Waals surface area contributed by atoms with Crippen molar-refractivity contribution in [2.24, 2.45) is 22.7 Å². The van der Waals surface area contributed by atoms with E-state index in [-0.39, 0.29) is 37.1 Å². The second-order valence-corrected chi connectivity index (χ2v) is 13.9. The zero-order chi connectivity index (χ0) is 30.4. The third-order valence-electron chi connectivity index (χ3n) is 7.32. The molecule has 1 heterocycles. The van der Waals surface area contributed by atoms with Crippen molar-refractivity contribution in [3.63, 3.8) is 0 Å². The maximum absolute atomic E-state index is 12.3. The van der Waals surface area contributed by atoms with Crippen LogP contribution in [0.2, 0.25) is 0 Å². The van der Waals surface area contributed by atoms with Crippen LogP contribution in [-0.2, 0) is 24.9 Å². The molecular weight excluding hydrogens is 683 g/mol. The number of carbonyl (C=O) groups excluding carboxylic acids is 1. The van der Waals surface area contributed by atoms with Gasteiger partial charge in [0.15, 0.2) is 5.78 Å². The molecule has 0 aliphatic carbocycles. The predicted molar refractivity (Wildman–Crippen MR) is 172 cm³/mol. The maximum atomic E-state index is 12.3. The molecule has 0 aliphatic heterocycles. The van der Waals surface area contributed by atoms with Crippen LogP contribution in [0.5, 0.6) is 0 Å². The molecule has 0 saturated heterocycles. The van der Waals surface area contributed by atoms with Crippen molar-refractivity contribution in [3.8, 4) is 11.3 Å². The Kier molecular flexibility index (Phi) is 13.7. The standard InChI is InChI=1S/C20H20N.C17H32O2.Ir/c1-13(2)16-5-6-19-17(12-16)7-8-21-20(19)18-10-14(3)9-15(4)11-18;1-12(2)10-16(5,6)14(18)9-15(19)17(7,8)11-13(3)4;/h5-10,12-13H,1-4H3;9,12-13,18H,10-11H2,1-8H3;/q-1;;/b;14-9-;. The van der Waals surface area contributed by atoms with Gasteiger partial charge in [0.25, 0.3) is 0 Å². The number of fused-ring (bicyclic) bond motifs is 1. The van der Waals surface area contributed by atoms with E-state index in [1.165, 1.54) is 28.0 Å². The van der Waals surface area contributed by atoms with Crippen LogP contribution in [0.1, 0.15) is 105 Å². The summed E-state index contributed by atoms with van der Waals surface area (Å²) >= 11 is 0. The zero-order valence-corrected chi connectivity index (χ0v) is 29.8. The molecule has 41 heavy (non-hydrogen) atoms. The number of ketones is 1. The minimum atomic E-state index is -0.407. The number of aliphatic hydroxyl groups is 1. The SMILES string of the molecule is CC(C)CC(C)(C)C(=O)/C=C(\O)C(C)(C)CC(C)C.Cc1[c-]c(-c2nccc3cc(C(C)C)ccc23)cc(C)c1.[Ir]. The van der Waals surface area contributed by atoms with Crippen molar-refractivity contribution in [1.82, 2.24) is 4.98 Å². The monoisotopic (exact) mass is 735 g/mol. The minimum absolute atomic E-state index is 0. The normalized spacial score (nSPS) is 12.4. The summed E-state index contributed by atoms with van der Waals surface area (Å²) in [5, 5.41) is 12.7. The van der Waals surface area contributed by atoms with Crippen LogP contribution in [0.3, 0.4) is 0 Å². The summed E-state index contributed by atoms with van der Waals surface area (Å²) in [5.41, 5.74) is 5.13. The van der Waals surface area contributed by atoms with Crippen LogP contribution < -0.4 is 0 Å². The van der Waals surface area contributed by atoms with Crippen molar-refractivity contribution in [3.05, 3.63) is 77.2 Å². The van der Waals surface area contributed by atoms with Gasteiger partial charge in [0.2, 0.25) is 0 Å². The Bertz CT molecular complexity index is 1310. The first kappa shape index (κ1) is 36.7. The third kappa shape index (κ3) is 10.8. The van der Waals surface area contributed by atoms with E-state index in [1.807, 2.05) is 33.9 Å². The Balaban J connectivity index is 0.000000403. The molecule has 0 saturated carbocycles. The fourth-order valence-electron chi connectivity index (χ4n) is 5.55. The quantitative estimate of drug-likeness (QED) is 0.135. The van der Waals surface area contributed by atoms with Crippen molar-refractivity contribution < 1.29 is 30.0 Å². The number of nitrogens with zero attached hydrogens (tertiary/aromatic N) is 1. The van der Waals surface area contributed by atoms with Crippen molar-refractivity contribution in [2.75, 3.05) is 0 Å². The summed E-state index contributed by atoms with van der Waals surface area (Å²) in [7, 11) is 0. The molecule has 0 aliphatic rings. The van der Waals surface area contributed by atoms with Gasteiger partial charge in [-0.3, -0.25) is 4.79 Å². The molecular formula is C37H52IrNO2-. The van der Waals surface area contributed by atoms with Crippen molar-refractivity contribution in [2.45, 2.75) is 102 Å². The molecule has 0 atom stereocenters. The van der Waals surface area contributed by atoms with E-state index in [0.717, 1.165) is 29.7 Å². The van der Waals surface area contributed by atoms with Crippen LogP contribution in [0.4, 0.5) is 0 Å². The second-order valence-electron chi connectivity index (χ2n) is 13.9. The van der Waals surface area contributed by atoms with E-state index in [1.54, 1.807) is 0 Å². The average molecular weight is 735 g/mol. The molecule has 0 amide bonds. The van der Waals surface area contributed by atoms with Gasteiger partial charge in [-0.15, -0.1) is 34.9 Å². The van der Waals surface area contributed by atoms with Crippen molar-refractivity contribution in [1.29, 1.82) is 0 Å². The Morgan fingerprint density at radius 2 is 1.49 bits per heavy atom. The molecule has 4 heteroatoms. The molecule has 227 valence electrons. The van der Waals surface area contributed by atoms with E-state index < -0.39 is 5.41 Å². The first-order valence-corrected chi connectivity index (χ1v) is 14.8. The van der Waals surface area contributed by atoms with Gasteiger partial charge < -0.3 is 10.1 Å². The van der Waals surface area contributed by atoms with Gasteiger partial charge >= 0.3 is 0 Å². The van der Waals surface area contributed by atoms with E-state index in [0.29, 0.717) is 17.8 Å². The first-order valence-electron chi connectivity index (χ1n) is 14.8. The van der Waals surface area contributed by atoms with Gasteiger partial charge in [-0.2, -0.15) is 0 Å². The van der Waals surface area contributed by atoms with E-state index >= 15 is 0 Å². The van der Waals surface area contributed by atoms with Crippen LogP contribution in [-0.4, -0.2) is 15.9 Å². The fraction of sp³-hybridized carbons (Fsp3) is 0.514. The van der Waals surface area contributed by atoms with Crippen molar-refractivity contribution >= 4 is 16.6 Å². The van der Waals surface area contributed by atoms with Gasteiger partial charge in [0.05, 0.1) is 0 Å². The molecule has 0 spiro atoms. The molecule has 0 unspecified atom stereocenters. The number of pyridine rings is 1. The van der Waals surface area contributed by atoms with Gasteiger partial charge in [-0.05, 0) is 58.7 Å². The molecule has 1 aromatic heterocycles. The second kappa shape index (κ2) is 15.3. The zero-order valence-electron chi connectivity index (χ0n) is 27.4. The van der Waals surface area contributed by atoms with E-state index in [9.17, 15) is 9.90 Å². The Morgan fingerprint density at radius 1 is 0.902 bits per heavy atom. The predicted octanol–water partition coefficient (Wildman–Crippen LogP) is 10.6. The minimum Gasteiger partial charge on any atom is -0.512 e. The molecule has 0 fully saturated rings.